The van der Waals surface area contributed by atoms with Crippen molar-refractivity contribution < 1.29 is 49.7 Å². The molecule has 4 nitrogen and oxygen atoms in total. The summed E-state index contributed by atoms with van der Waals surface area (Å²) in [7, 11) is 0. The summed E-state index contributed by atoms with van der Waals surface area (Å²) in [5.41, 5.74) is -0.857. The standard InChI is InChI=1S/C29H31F7O4/c1-2-3-18-4-6-19(7-5-18)21-16-38-27(39-17-21)20-8-10-23(24(30)14-20)29(35,36)40-22-9-11-26(25(31)15-22)37-13-12-28(32,33)34/h8-15,18-19,21,27H,2-7,16-17H2,1H3. The molecule has 4 rings (SSSR count). The van der Waals surface area contributed by atoms with Crippen molar-refractivity contribution in [1.29, 1.82) is 0 Å². The van der Waals surface area contributed by atoms with Crippen molar-refractivity contribution in [2.24, 2.45) is 17.8 Å². The van der Waals surface area contributed by atoms with Crippen LogP contribution in [-0.4, -0.2) is 19.4 Å². The van der Waals surface area contributed by atoms with Crippen LogP contribution in [0.1, 0.15) is 62.9 Å². The van der Waals surface area contributed by atoms with Crippen molar-refractivity contribution in [1.82, 2.24) is 0 Å². The van der Waals surface area contributed by atoms with Gasteiger partial charge in [0, 0.05) is 17.5 Å². The molecule has 0 bridgehead atoms. The number of ether oxygens (including phenoxy) is 4. The molecular weight excluding hydrogens is 545 g/mol. The fraction of sp³-hybridized carbons (Fsp3) is 0.517. The van der Waals surface area contributed by atoms with Crippen LogP contribution in [0, 0.1) is 29.4 Å². The number of hydrogen-bond donors (Lipinski definition) is 0. The van der Waals surface area contributed by atoms with Crippen LogP contribution < -0.4 is 9.47 Å². The Balaban J connectivity index is 1.34. The lowest BCUT2D eigenvalue weighted by Crippen LogP contribution is -2.34. The van der Waals surface area contributed by atoms with Gasteiger partial charge in [-0.1, -0.05) is 38.7 Å². The van der Waals surface area contributed by atoms with E-state index in [4.69, 9.17) is 9.47 Å². The molecular formula is C29H31F7O4. The third-order valence-corrected chi connectivity index (χ3v) is 7.36. The van der Waals surface area contributed by atoms with Gasteiger partial charge in [0.15, 0.2) is 17.9 Å². The molecule has 2 fully saturated rings. The zero-order valence-electron chi connectivity index (χ0n) is 21.9. The summed E-state index contributed by atoms with van der Waals surface area (Å²) in [5, 5.41) is 0. The summed E-state index contributed by atoms with van der Waals surface area (Å²) in [6.07, 6.45) is -2.72. The molecule has 40 heavy (non-hydrogen) atoms. The van der Waals surface area contributed by atoms with Gasteiger partial charge in [0.25, 0.3) is 0 Å². The van der Waals surface area contributed by atoms with Gasteiger partial charge in [0.05, 0.1) is 31.1 Å². The molecule has 1 heterocycles. The Hall–Kier alpha value is -2.79. The van der Waals surface area contributed by atoms with Crippen molar-refractivity contribution in [2.45, 2.75) is 64.0 Å². The van der Waals surface area contributed by atoms with E-state index in [-0.39, 0.29) is 23.8 Å². The highest BCUT2D eigenvalue weighted by Crippen LogP contribution is 2.40. The van der Waals surface area contributed by atoms with E-state index in [2.05, 4.69) is 16.4 Å². The highest BCUT2D eigenvalue weighted by molar-refractivity contribution is 5.35. The van der Waals surface area contributed by atoms with E-state index in [1.807, 2.05) is 0 Å². The molecule has 1 aliphatic carbocycles. The summed E-state index contributed by atoms with van der Waals surface area (Å²) in [6, 6.07) is 5.14. The van der Waals surface area contributed by atoms with Gasteiger partial charge >= 0.3 is 12.3 Å². The van der Waals surface area contributed by atoms with E-state index in [9.17, 15) is 30.7 Å². The third kappa shape index (κ3) is 7.90. The Morgan fingerprint density at radius 1 is 0.875 bits per heavy atom. The van der Waals surface area contributed by atoms with Crippen LogP contribution in [0.15, 0.2) is 48.7 Å². The minimum atomic E-state index is -4.67. The number of hydrogen-bond acceptors (Lipinski definition) is 4. The molecule has 11 heteroatoms. The van der Waals surface area contributed by atoms with Crippen LogP contribution in [0.3, 0.4) is 0 Å². The average molecular weight is 577 g/mol. The summed E-state index contributed by atoms with van der Waals surface area (Å²) in [6.45, 7) is 3.07. The molecule has 1 aliphatic heterocycles. The van der Waals surface area contributed by atoms with E-state index in [1.54, 1.807) is 0 Å². The van der Waals surface area contributed by atoms with Crippen LogP contribution in [0.4, 0.5) is 30.7 Å². The first-order chi connectivity index (χ1) is 18.9. The van der Waals surface area contributed by atoms with Crippen LogP contribution in [-0.2, 0) is 15.6 Å². The van der Waals surface area contributed by atoms with Crippen LogP contribution in [0.2, 0.25) is 0 Å². The maximum atomic E-state index is 14.8. The predicted octanol–water partition coefficient (Wildman–Crippen LogP) is 8.82. The van der Waals surface area contributed by atoms with Crippen LogP contribution >= 0.6 is 0 Å². The van der Waals surface area contributed by atoms with Crippen LogP contribution in [0.25, 0.3) is 0 Å². The number of halogens is 7. The first-order valence-electron chi connectivity index (χ1n) is 13.3. The van der Waals surface area contributed by atoms with Crippen molar-refractivity contribution in [3.8, 4) is 11.5 Å². The molecule has 0 aromatic heterocycles. The normalized spacial score (nSPS) is 24.3. The maximum absolute atomic E-state index is 14.8. The number of alkyl halides is 5. The first-order valence-corrected chi connectivity index (χ1v) is 13.3. The largest absolute Gasteiger partial charge is 0.462 e. The van der Waals surface area contributed by atoms with Gasteiger partial charge in [-0.3, -0.25) is 0 Å². The zero-order valence-corrected chi connectivity index (χ0v) is 21.9. The van der Waals surface area contributed by atoms with Crippen LogP contribution in [0.5, 0.6) is 11.5 Å². The predicted molar refractivity (Wildman–Crippen MR) is 132 cm³/mol. The van der Waals surface area contributed by atoms with Gasteiger partial charge in [0.1, 0.15) is 11.6 Å². The SMILES string of the molecule is CCCC1CCC(C2COC(c3ccc(C(F)(F)Oc4ccc(OC=CC(F)(F)F)c(F)c4)c(F)c3)OC2)CC1. The van der Waals surface area contributed by atoms with Crippen molar-refractivity contribution >= 4 is 0 Å². The van der Waals surface area contributed by atoms with E-state index in [0.717, 1.165) is 43.0 Å². The number of benzene rings is 2. The van der Waals surface area contributed by atoms with Gasteiger partial charge in [0.2, 0.25) is 0 Å². The third-order valence-electron chi connectivity index (χ3n) is 7.36. The van der Waals surface area contributed by atoms with Gasteiger partial charge in [-0.05, 0) is 48.9 Å². The molecule has 0 radical (unpaired) electrons. The smallest absolute Gasteiger partial charge is 0.429 e. The fourth-order valence-electron chi connectivity index (χ4n) is 5.28. The molecule has 2 aromatic carbocycles. The highest BCUT2D eigenvalue weighted by Gasteiger charge is 2.39. The minimum Gasteiger partial charge on any atom is -0.462 e. The summed E-state index contributed by atoms with van der Waals surface area (Å²) < 4.78 is 116. The molecule has 1 saturated carbocycles. The van der Waals surface area contributed by atoms with Gasteiger partial charge in [-0.25, -0.2) is 8.78 Å². The monoisotopic (exact) mass is 576 g/mol. The summed E-state index contributed by atoms with van der Waals surface area (Å²) >= 11 is 0. The Kier molecular flexibility index (Phi) is 9.66. The van der Waals surface area contributed by atoms with E-state index in [1.165, 1.54) is 31.7 Å². The van der Waals surface area contributed by atoms with Gasteiger partial charge in [-0.15, -0.1) is 0 Å². The second kappa shape index (κ2) is 12.8. The Bertz CT molecular complexity index is 1150. The van der Waals surface area contributed by atoms with Crippen molar-refractivity contribution in [3.63, 3.8) is 0 Å². The molecule has 0 N–H and O–H groups in total. The highest BCUT2D eigenvalue weighted by atomic mass is 19.4. The Morgan fingerprint density at radius 3 is 2.17 bits per heavy atom. The van der Waals surface area contributed by atoms with Gasteiger partial charge in [-0.2, -0.15) is 22.0 Å². The average Bonchev–Trinajstić information content (AvgIpc) is 2.89. The number of rotatable bonds is 9. The Morgan fingerprint density at radius 2 is 1.57 bits per heavy atom. The zero-order chi connectivity index (χ0) is 28.9. The van der Waals surface area contributed by atoms with Crippen molar-refractivity contribution in [2.75, 3.05) is 13.2 Å². The second-order valence-corrected chi connectivity index (χ2v) is 10.2. The van der Waals surface area contributed by atoms with E-state index in [0.29, 0.717) is 25.2 Å². The molecule has 0 spiro atoms. The molecule has 2 aliphatic rings. The van der Waals surface area contributed by atoms with E-state index < -0.39 is 47.3 Å². The lowest BCUT2D eigenvalue weighted by atomic mass is 9.75. The second-order valence-electron chi connectivity index (χ2n) is 10.2. The molecule has 220 valence electrons. The molecule has 1 saturated heterocycles. The first kappa shape index (κ1) is 30.2. The lowest BCUT2D eigenvalue weighted by Gasteiger charge is -2.38. The van der Waals surface area contributed by atoms with Gasteiger partial charge < -0.3 is 18.9 Å². The van der Waals surface area contributed by atoms with Crippen molar-refractivity contribution in [3.05, 3.63) is 71.5 Å². The fourth-order valence-corrected chi connectivity index (χ4v) is 5.28. The van der Waals surface area contributed by atoms with E-state index >= 15 is 0 Å². The quantitative estimate of drug-likeness (QED) is 0.221. The summed E-state index contributed by atoms with van der Waals surface area (Å²) in [5.74, 6) is -2.34. The summed E-state index contributed by atoms with van der Waals surface area (Å²) in [4.78, 5) is 0. The lowest BCUT2D eigenvalue weighted by molar-refractivity contribution is -0.215. The maximum Gasteiger partial charge on any atom is 0.429 e. The Labute approximate surface area is 228 Å². The molecule has 0 amide bonds. The molecule has 2 aromatic rings. The molecule has 0 atom stereocenters. The number of allylic oxidation sites excluding steroid dienone is 1. The topological polar surface area (TPSA) is 36.9 Å². The minimum absolute atomic E-state index is 0.211. The molecule has 0 unspecified atom stereocenters.